The van der Waals surface area contributed by atoms with Crippen molar-refractivity contribution in [3.63, 3.8) is 0 Å². The lowest BCUT2D eigenvalue weighted by atomic mass is 9.89. The molecule has 2 unspecified atom stereocenters. The number of anilines is 3. The first kappa shape index (κ1) is 41.6. The maximum atomic E-state index is 16.0. The third-order valence-electron chi connectivity index (χ3n) is 13.5. The Hall–Kier alpha value is -6.39. The predicted molar refractivity (Wildman–Crippen MR) is 241 cm³/mol. The molecule has 0 saturated carbocycles. The molecule has 2 atom stereocenters. The maximum absolute atomic E-state index is 16.0. The van der Waals surface area contributed by atoms with Gasteiger partial charge in [0.25, 0.3) is 11.8 Å². The van der Waals surface area contributed by atoms with E-state index in [-0.39, 0.29) is 41.3 Å². The molecule has 0 aliphatic carbocycles. The average Bonchev–Trinajstić information content (AvgIpc) is 4.14. The number of halogens is 1. The second-order valence-electron chi connectivity index (χ2n) is 17.4. The number of nitrogens with one attached hydrogen (secondary N) is 3. The highest BCUT2D eigenvalue weighted by molar-refractivity contribution is 7.14. The summed E-state index contributed by atoms with van der Waals surface area (Å²) in [6, 6.07) is 21.5. The molecule has 0 radical (unpaired) electrons. The van der Waals surface area contributed by atoms with Crippen LogP contribution in [0.2, 0.25) is 0 Å². The number of aryl methyl sites for hydroxylation is 1. The number of piperazine rings is 1. The Balaban J connectivity index is 0.722. The van der Waals surface area contributed by atoms with Crippen LogP contribution in [0.1, 0.15) is 76.9 Å². The van der Waals surface area contributed by atoms with Gasteiger partial charge in [0.05, 0.1) is 30.1 Å². The lowest BCUT2D eigenvalue weighted by Gasteiger charge is -2.38. The molecule has 3 N–H and O–H groups in total. The van der Waals surface area contributed by atoms with E-state index >= 15 is 4.39 Å². The SMILES string of the molecule is O=C1CCC(Nc2ccc(C3CCN(CC(=O)N4CCN(c5ccc(-c6cc(F)c7c(c6)C(=O)N(C(C(=O)Nc6cccs6)c6ncn8c6CCC8)C7)cc5)CC4)CC3)cc2)C(=O)N1. The van der Waals surface area contributed by atoms with Crippen LogP contribution in [0, 0.1) is 5.82 Å². The van der Waals surface area contributed by atoms with Gasteiger partial charge in [0.2, 0.25) is 17.7 Å². The number of imide groups is 1. The highest BCUT2D eigenvalue weighted by Crippen LogP contribution is 2.38. The van der Waals surface area contributed by atoms with E-state index in [2.05, 4.69) is 42.9 Å². The molecule has 14 nitrogen and oxygen atoms in total. The molecule has 5 amide bonds. The number of thiophene rings is 1. The Morgan fingerprint density at radius 3 is 2.39 bits per heavy atom. The minimum atomic E-state index is -1.01. The normalized spacial score (nSPS) is 19.7. The zero-order chi connectivity index (χ0) is 43.9. The molecule has 0 bridgehead atoms. The third kappa shape index (κ3) is 8.39. The topological polar surface area (TPSA) is 152 Å². The minimum Gasteiger partial charge on any atom is -0.374 e. The Morgan fingerprint density at radius 1 is 0.875 bits per heavy atom. The molecule has 2 aromatic heterocycles. The molecule has 3 saturated heterocycles. The van der Waals surface area contributed by atoms with Crippen molar-refractivity contribution >= 4 is 57.2 Å². The smallest absolute Gasteiger partial charge is 0.255 e. The molecule has 5 aromatic rings. The number of piperidine rings is 2. The first-order chi connectivity index (χ1) is 31.1. The number of likely N-dealkylation sites (tertiary alicyclic amines) is 1. The van der Waals surface area contributed by atoms with Crippen molar-refractivity contribution in [2.24, 2.45) is 0 Å². The van der Waals surface area contributed by atoms with Gasteiger partial charge in [0, 0.05) is 67.3 Å². The number of imidazole rings is 1. The summed E-state index contributed by atoms with van der Waals surface area (Å²) in [5.41, 5.74) is 6.46. The van der Waals surface area contributed by atoms with Crippen molar-refractivity contribution in [1.82, 2.24) is 29.6 Å². The standard InChI is InChI=1S/C48H50FN9O5S/c49-38-26-33(25-36-37(38)27-58(48(36)63)45(47(62)53-42-4-2-24-64-42)44-40-3-1-17-57(40)29-50-44)31-7-11-35(12-8-31)55-20-22-56(23-21-55)43(60)28-54-18-15-32(16-19-54)30-5-9-34(10-6-30)51-39-13-14-41(59)52-46(39)61/h2,4-12,24-26,29,32,39,45,51H,1,3,13-23,27-28H2,(H,53,62)(H,52,59,61). The van der Waals surface area contributed by atoms with Crippen molar-refractivity contribution in [1.29, 1.82) is 0 Å². The van der Waals surface area contributed by atoms with Crippen molar-refractivity contribution in [3.8, 4) is 11.1 Å². The zero-order valence-electron chi connectivity index (χ0n) is 35.4. The van der Waals surface area contributed by atoms with Crippen LogP contribution in [0.5, 0.6) is 0 Å². The summed E-state index contributed by atoms with van der Waals surface area (Å²) >= 11 is 1.39. The molecule has 330 valence electrons. The van der Waals surface area contributed by atoms with Gasteiger partial charge in [-0.1, -0.05) is 24.3 Å². The van der Waals surface area contributed by atoms with E-state index in [1.807, 2.05) is 57.3 Å². The number of carbonyl (C=O) groups is 5. The summed E-state index contributed by atoms with van der Waals surface area (Å²) in [7, 11) is 0. The van der Waals surface area contributed by atoms with Crippen molar-refractivity contribution in [3.05, 3.63) is 118 Å². The van der Waals surface area contributed by atoms with E-state index in [0.29, 0.717) is 67.7 Å². The Morgan fingerprint density at radius 2 is 1.66 bits per heavy atom. The number of hydrogen-bond acceptors (Lipinski definition) is 10. The van der Waals surface area contributed by atoms with E-state index in [0.717, 1.165) is 67.9 Å². The molecule has 3 aromatic carbocycles. The van der Waals surface area contributed by atoms with Crippen LogP contribution >= 0.6 is 11.3 Å². The Bertz CT molecular complexity index is 2580. The van der Waals surface area contributed by atoms with Crippen LogP contribution < -0.4 is 20.9 Å². The molecule has 5 aliphatic rings. The number of aromatic nitrogens is 2. The zero-order valence-corrected chi connectivity index (χ0v) is 36.2. The largest absolute Gasteiger partial charge is 0.374 e. The number of benzene rings is 3. The predicted octanol–water partition coefficient (Wildman–Crippen LogP) is 5.78. The highest BCUT2D eigenvalue weighted by atomic mass is 32.1. The van der Waals surface area contributed by atoms with Gasteiger partial charge in [0.1, 0.15) is 11.9 Å². The fourth-order valence-corrected chi connectivity index (χ4v) is 10.5. The summed E-state index contributed by atoms with van der Waals surface area (Å²) in [6.45, 7) is 5.51. The van der Waals surface area contributed by atoms with E-state index in [1.165, 1.54) is 27.9 Å². The summed E-state index contributed by atoms with van der Waals surface area (Å²) < 4.78 is 18.0. The molecule has 0 spiro atoms. The van der Waals surface area contributed by atoms with Crippen LogP contribution in [0.3, 0.4) is 0 Å². The number of carbonyl (C=O) groups excluding carboxylic acids is 5. The van der Waals surface area contributed by atoms with Crippen LogP contribution in [0.4, 0.5) is 20.8 Å². The summed E-state index contributed by atoms with van der Waals surface area (Å²) in [6.07, 6.45) is 6.16. The number of fused-ring (bicyclic) bond motifs is 2. The lowest BCUT2D eigenvalue weighted by Crippen LogP contribution is -2.51. The van der Waals surface area contributed by atoms with Gasteiger partial charge in [-0.3, -0.25) is 34.2 Å². The second kappa shape index (κ2) is 17.6. The van der Waals surface area contributed by atoms with E-state index in [4.69, 9.17) is 0 Å². The van der Waals surface area contributed by atoms with Gasteiger partial charge in [-0.15, -0.1) is 11.3 Å². The Kier molecular flexibility index (Phi) is 11.5. The average molecular weight is 884 g/mol. The van der Waals surface area contributed by atoms with E-state index in [1.54, 1.807) is 18.5 Å². The van der Waals surface area contributed by atoms with Crippen LogP contribution in [-0.4, -0.2) is 106 Å². The molecular formula is C48H50FN9O5S. The van der Waals surface area contributed by atoms with Crippen molar-refractivity contribution in [2.45, 2.75) is 69.6 Å². The number of hydrogen-bond donors (Lipinski definition) is 3. The number of nitrogens with zero attached hydrogens (tertiary/aromatic N) is 6. The summed E-state index contributed by atoms with van der Waals surface area (Å²) in [5, 5.41) is 11.1. The molecule has 5 aliphatic heterocycles. The van der Waals surface area contributed by atoms with Crippen molar-refractivity contribution in [2.75, 3.05) is 61.3 Å². The van der Waals surface area contributed by atoms with E-state index in [9.17, 15) is 24.0 Å². The molecular weight excluding hydrogens is 834 g/mol. The molecule has 16 heteroatoms. The molecule has 10 rings (SSSR count). The van der Waals surface area contributed by atoms with Gasteiger partial charge in [0.15, 0.2) is 6.04 Å². The van der Waals surface area contributed by atoms with Gasteiger partial charge < -0.3 is 29.9 Å². The van der Waals surface area contributed by atoms with Gasteiger partial charge in [-0.05, 0) is 122 Å². The summed E-state index contributed by atoms with van der Waals surface area (Å²) in [5.74, 6) is -1.22. The first-order valence-electron chi connectivity index (χ1n) is 22.2. The van der Waals surface area contributed by atoms with Crippen LogP contribution in [0.15, 0.2) is 84.5 Å². The maximum Gasteiger partial charge on any atom is 0.255 e. The molecule has 7 heterocycles. The lowest BCUT2D eigenvalue weighted by molar-refractivity contribution is -0.134. The van der Waals surface area contributed by atoms with Crippen LogP contribution in [-0.2, 0) is 38.7 Å². The van der Waals surface area contributed by atoms with E-state index < -0.39 is 23.8 Å². The third-order valence-corrected chi connectivity index (χ3v) is 14.3. The number of amides is 5. The Labute approximate surface area is 374 Å². The van der Waals surface area contributed by atoms with Gasteiger partial charge in [-0.2, -0.15) is 0 Å². The van der Waals surface area contributed by atoms with Gasteiger partial charge in [-0.25, -0.2) is 9.37 Å². The fraction of sp³-hybridized carbons (Fsp3) is 0.375. The minimum absolute atomic E-state index is 0.0353. The fourth-order valence-electron chi connectivity index (χ4n) is 9.92. The summed E-state index contributed by atoms with van der Waals surface area (Å²) in [4.78, 5) is 77.6. The monoisotopic (exact) mass is 883 g/mol. The highest BCUT2D eigenvalue weighted by Gasteiger charge is 2.42. The van der Waals surface area contributed by atoms with Gasteiger partial charge >= 0.3 is 0 Å². The quantitative estimate of drug-likeness (QED) is 0.140. The van der Waals surface area contributed by atoms with Crippen molar-refractivity contribution < 1.29 is 28.4 Å². The number of rotatable bonds is 11. The molecule has 64 heavy (non-hydrogen) atoms. The second-order valence-corrected chi connectivity index (χ2v) is 18.3. The molecule has 3 fully saturated rings. The van der Waals surface area contributed by atoms with Crippen LogP contribution in [0.25, 0.3) is 11.1 Å². The first-order valence-corrected chi connectivity index (χ1v) is 23.1.